The van der Waals surface area contributed by atoms with E-state index in [0.717, 1.165) is 12.4 Å². The van der Waals surface area contributed by atoms with Crippen molar-refractivity contribution in [1.29, 1.82) is 0 Å². The van der Waals surface area contributed by atoms with E-state index in [1.54, 1.807) is 19.1 Å². The highest BCUT2D eigenvalue weighted by molar-refractivity contribution is 7.98. The van der Waals surface area contributed by atoms with Gasteiger partial charge in [0.05, 0.1) is 0 Å². The van der Waals surface area contributed by atoms with Crippen LogP contribution in [0.1, 0.15) is 12.5 Å². The minimum Gasteiger partial charge on any atom is -0.370 e. The summed E-state index contributed by atoms with van der Waals surface area (Å²) in [6, 6.07) is 6.83. The Morgan fingerprint density at radius 1 is 1.20 bits per heavy atom. The SMILES string of the molecule is CCNc1cc(Nc2ccc(C)c(F)c2)nc(SC)n1. The lowest BCUT2D eigenvalue weighted by Gasteiger charge is -2.10. The van der Waals surface area contributed by atoms with E-state index in [2.05, 4.69) is 20.6 Å². The van der Waals surface area contributed by atoms with Crippen LogP contribution in [0.15, 0.2) is 29.4 Å². The van der Waals surface area contributed by atoms with Gasteiger partial charge in [-0.3, -0.25) is 0 Å². The second-order valence-corrected chi connectivity index (χ2v) is 5.02. The van der Waals surface area contributed by atoms with Gasteiger partial charge in [-0.15, -0.1) is 0 Å². The molecule has 0 aliphatic rings. The maximum atomic E-state index is 13.5. The quantitative estimate of drug-likeness (QED) is 0.648. The van der Waals surface area contributed by atoms with Crippen LogP contribution >= 0.6 is 11.8 Å². The Hall–Kier alpha value is -1.82. The highest BCUT2D eigenvalue weighted by Gasteiger charge is 2.05. The monoisotopic (exact) mass is 292 g/mol. The molecule has 0 spiro atoms. The van der Waals surface area contributed by atoms with Crippen molar-refractivity contribution in [3.05, 3.63) is 35.6 Å². The lowest BCUT2D eigenvalue weighted by molar-refractivity contribution is 0.619. The molecule has 6 heteroatoms. The fraction of sp³-hybridized carbons (Fsp3) is 0.286. The number of benzene rings is 1. The summed E-state index contributed by atoms with van der Waals surface area (Å²) in [7, 11) is 0. The standard InChI is InChI=1S/C14H17FN4S/c1-4-16-12-8-13(19-14(18-12)20-3)17-10-6-5-9(2)11(15)7-10/h5-8H,4H2,1-3H3,(H2,16,17,18,19). The predicted molar refractivity (Wildman–Crippen MR) is 82.4 cm³/mol. The van der Waals surface area contributed by atoms with E-state index in [-0.39, 0.29) is 5.82 Å². The molecule has 1 aromatic carbocycles. The van der Waals surface area contributed by atoms with Gasteiger partial charge >= 0.3 is 0 Å². The molecule has 0 saturated heterocycles. The summed E-state index contributed by atoms with van der Waals surface area (Å²) in [4.78, 5) is 8.70. The zero-order chi connectivity index (χ0) is 14.5. The smallest absolute Gasteiger partial charge is 0.191 e. The van der Waals surface area contributed by atoms with Crippen LogP contribution < -0.4 is 10.6 Å². The van der Waals surface area contributed by atoms with Crippen molar-refractivity contribution < 1.29 is 4.39 Å². The fourth-order valence-electron chi connectivity index (χ4n) is 1.67. The first-order valence-electron chi connectivity index (χ1n) is 6.32. The number of aryl methyl sites for hydroxylation is 1. The summed E-state index contributed by atoms with van der Waals surface area (Å²) in [5, 5.41) is 6.92. The highest BCUT2D eigenvalue weighted by atomic mass is 32.2. The number of halogens is 1. The molecular weight excluding hydrogens is 275 g/mol. The normalized spacial score (nSPS) is 10.4. The third kappa shape index (κ3) is 3.60. The van der Waals surface area contributed by atoms with Crippen LogP contribution in [0.5, 0.6) is 0 Å². The summed E-state index contributed by atoms with van der Waals surface area (Å²) >= 11 is 1.46. The molecule has 2 rings (SSSR count). The van der Waals surface area contributed by atoms with Crippen molar-refractivity contribution in [2.24, 2.45) is 0 Å². The first-order valence-corrected chi connectivity index (χ1v) is 7.55. The van der Waals surface area contributed by atoms with E-state index in [1.165, 1.54) is 17.8 Å². The Bertz CT molecular complexity index is 604. The third-order valence-electron chi connectivity index (χ3n) is 2.69. The molecule has 0 fully saturated rings. The van der Waals surface area contributed by atoms with Crippen molar-refractivity contribution in [3.8, 4) is 0 Å². The lowest BCUT2D eigenvalue weighted by atomic mass is 10.2. The average Bonchev–Trinajstić information content (AvgIpc) is 2.43. The van der Waals surface area contributed by atoms with E-state index in [9.17, 15) is 4.39 Å². The molecule has 1 heterocycles. The molecule has 0 aliphatic heterocycles. The van der Waals surface area contributed by atoms with Gasteiger partial charge in [0.2, 0.25) is 0 Å². The highest BCUT2D eigenvalue weighted by Crippen LogP contribution is 2.22. The first-order chi connectivity index (χ1) is 9.62. The minimum atomic E-state index is -0.235. The Morgan fingerprint density at radius 3 is 2.60 bits per heavy atom. The van der Waals surface area contributed by atoms with E-state index in [0.29, 0.717) is 22.2 Å². The number of rotatable bonds is 5. The molecule has 0 bridgehead atoms. The van der Waals surface area contributed by atoms with Crippen LogP contribution in [0.3, 0.4) is 0 Å². The number of nitrogens with zero attached hydrogens (tertiary/aromatic N) is 2. The summed E-state index contributed by atoms with van der Waals surface area (Å²) in [6.45, 7) is 4.52. The van der Waals surface area contributed by atoms with E-state index >= 15 is 0 Å². The van der Waals surface area contributed by atoms with Gasteiger partial charge in [0.15, 0.2) is 5.16 Å². The molecule has 0 amide bonds. The van der Waals surface area contributed by atoms with Gasteiger partial charge in [-0.2, -0.15) is 0 Å². The third-order valence-corrected chi connectivity index (χ3v) is 3.24. The van der Waals surface area contributed by atoms with E-state index in [4.69, 9.17) is 0 Å². The second-order valence-electron chi connectivity index (χ2n) is 4.24. The molecule has 4 nitrogen and oxygen atoms in total. The Kier molecular flexibility index (Phi) is 4.79. The predicted octanol–water partition coefficient (Wildman–Crippen LogP) is 3.82. The molecular formula is C14H17FN4S. The largest absolute Gasteiger partial charge is 0.370 e. The number of hydrogen-bond acceptors (Lipinski definition) is 5. The maximum Gasteiger partial charge on any atom is 0.191 e. The molecule has 0 aliphatic carbocycles. The van der Waals surface area contributed by atoms with Gasteiger partial charge in [-0.25, -0.2) is 14.4 Å². The molecule has 106 valence electrons. The number of nitrogens with one attached hydrogen (secondary N) is 2. The molecule has 1 aromatic heterocycles. The van der Waals surface area contributed by atoms with Gasteiger partial charge < -0.3 is 10.6 Å². The minimum absolute atomic E-state index is 0.235. The summed E-state index contributed by atoms with van der Waals surface area (Å²) in [5.74, 6) is 1.16. The van der Waals surface area contributed by atoms with Gasteiger partial charge in [0, 0.05) is 18.3 Å². The molecule has 2 N–H and O–H groups in total. The van der Waals surface area contributed by atoms with Crippen molar-refractivity contribution >= 4 is 29.1 Å². The lowest BCUT2D eigenvalue weighted by Crippen LogP contribution is -2.03. The zero-order valence-corrected chi connectivity index (χ0v) is 12.5. The molecule has 20 heavy (non-hydrogen) atoms. The molecule has 0 radical (unpaired) electrons. The summed E-state index contributed by atoms with van der Waals surface area (Å²) in [6.07, 6.45) is 1.92. The zero-order valence-electron chi connectivity index (χ0n) is 11.7. The second kappa shape index (κ2) is 6.56. The number of aromatic nitrogens is 2. The van der Waals surface area contributed by atoms with Crippen LogP contribution in [-0.2, 0) is 0 Å². The van der Waals surface area contributed by atoms with Crippen LogP contribution in [0, 0.1) is 12.7 Å². The molecule has 2 aromatic rings. The summed E-state index contributed by atoms with van der Waals surface area (Å²) in [5.41, 5.74) is 1.29. The van der Waals surface area contributed by atoms with Gasteiger partial charge in [0.1, 0.15) is 17.5 Å². The van der Waals surface area contributed by atoms with Gasteiger partial charge in [0.25, 0.3) is 0 Å². The molecule has 0 atom stereocenters. The number of hydrogen-bond donors (Lipinski definition) is 2. The number of thioether (sulfide) groups is 1. The Labute approximate surface area is 122 Å². The average molecular weight is 292 g/mol. The topological polar surface area (TPSA) is 49.8 Å². The van der Waals surface area contributed by atoms with Crippen LogP contribution in [0.25, 0.3) is 0 Å². The first kappa shape index (κ1) is 14.6. The van der Waals surface area contributed by atoms with Crippen molar-refractivity contribution in [1.82, 2.24) is 9.97 Å². The summed E-state index contributed by atoms with van der Waals surface area (Å²) < 4.78 is 13.5. The molecule has 0 unspecified atom stereocenters. The Morgan fingerprint density at radius 2 is 1.95 bits per heavy atom. The van der Waals surface area contributed by atoms with E-state index < -0.39 is 0 Å². The van der Waals surface area contributed by atoms with Crippen molar-refractivity contribution in [3.63, 3.8) is 0 Å². The van der Waals surface area contributed by atoms with Crippen LogP contribution in [0.2, 0.25) is 0 Å². The van der Waals surface area contributed by atoms with Crippen LogP contribution in [-0.4, -0.2) is 22.8 Å². The van der Waals surface area contributed by atoms with Gasteiger partial charge in [-0.05, 0) is 37.8 Å². The fourth-order valence-corrected chi connectivity index (χ4v) is 2.05. The van der Waals surface area contributed by atoms with E-state index in [1.807, 2.05) is 19.2 Å². The molecule has 0 saturated carbocycles. The van der Waals surface area contributed by atoms with Gasteiger partial charge in [-0.1, -0.05) is 17.8 Å². The van der Waals surface area contributed by atoms with Crippen LogP contribution in [0.4, 0.5) is 21.7 Å². The number of anilines is 3. The Balaban J connectivity index is 2.27. The van der Waals surface area contributed by atoms with Crippen molar-refractivity contribution in [2.75, 3.05) is 23.4 Å². The van der Waals surface area contributed by atoms with Crippen molar-refractivity contribution in [2.45, 2.75) is 19.0 Å². The maximum absolute atomic E-state index is 13.5.